The molecule has 0 aliphatic rings. The molecule has 0 spiro atoms. The first-order valence-electron chi connectivity index (χ1n) is 8.07. The second kappa shape index (κ2) is 9.92. The smallest absolute Gasteiger partial charge is 0.243 e. The fourth-order valence-corrected chi connectivity index (χ4v) is 2.15. The van der Waals surface area contributed by atoms with Gasteiger partial charge >= 0.3 is 0 Å². The molecule has 0 unspecified atom stereocenters. The topological polar surface area (TPSA) is 87.6 Å². The molecule has 2 rings (SSSR count). The lowest BCUT2D eigenvalue weighted by Gasteiger charge is -2.12. The molecule has 1 amide bonds. The van der Waals surface area contributed by atoms with E-state index >= 15 is 0 Å². The van der Waals surface area contributed by atoms with E-state index in [4.69, 9.17) is 4.74 Å². The summed E-state index contributed by atoms with van der Waals surface area (Å²) in [6.45, 7) is 3.22. The number of carbonyl (C=O) groups excluding carboxylic acids is 1. The first-order chi connectivity index (χ1) is 12.2. The predicted octanol–water partition coefficient (Wildman–Crippen LogP) is 1.78. The maximum Gasteiger partial charge on any atom is 0.243 e. The van der Waals surface area contributed by atoms with E-state index in [1.165, 1.54) is 0 Å². The number of rotatable bonds is 7. The minimum Gasteiger partial charge on any atom is -0.496 e. The quantitative estimate of drug-likeness (QED) is 0.528. The van der Waals surface area contributed by atoms with Gasteiger partial charge in [-0.05, 0) is 25.1 Å². The zero-order valence-corrected chi connectivity index (χ0v) is 14.5. The van der Waals surface area contributed by atoms with Crippen LogP contribution in [0, 0.1) is 0 Å². The van der Waals surface area contributed by atoms with E-state index < -0.39 is 0 Å². The van der Waals surface area contributed by atoms with Crippen LogP contribution in [0.1, 0.15) is 12.5 Å². The molecule has 0 bridgehead atoms. The van der Waals surface area contributed by atoms with Gasteiger partial charge in [0.05, 0.1) is 32.1 Å². The number of amides is 1. The standard InChI is InChI=1S/C18H23N5O2/c1-3-20-18(21-11-14-7-4-5-9-16(14)25-2)22-13-17(24)23-15-8-6-10-19-12-15/h4-10,12H,3,11,13H2,1-2H3,(H,23,24)(H2,20,21,22). The van der Waals surface area contributed by atoms with E-state index in [2.05, 4.69) is 25.9 Å². The Balaban J connectivity index is 1.92. The van der Waals surface area contributed by atoms with Crippen molar-refractivity contribution in [2.24, 2.45) is 4.99 Å². The fourth-order valence-electron chi connectivity index (χ4n) is 2.15. The molecule has 0 radical (unpaired) electrons. The third-order valence-corrected chi connectivity index (χ3v) is 3.31. The Kier molecular flexibility index (Phi) is 7.24. The van der Waals surface area contributed by atoms with Gasteiger partial charge in [0.1, 0.15) is 5.75 Å². The van der Waals surface area contributed by atoms with Crippen LogP contribution in [0.25, 0.3) is 0 Å². The SMILES string of the molecule is CCNC(=NCc1ccccc1OC)NCC(=O)Nc1cccnc1. The Morgan fingerprint density at radius 3 is 2.76 bits per heavy atom. The van der Waals surface area contributed by atoms with Crippen molar-refractivity contribution < 1.29 is 9.53 Å². The molecule has 7 heteroatoms. The lowest BCUT2D eigenvalue weighted by atomic mass is 10.2. The number of hydrogen-bond acceptors (Lipinski definition) is 4. The summed E-state index contributed by atoms with van der Waals surface area (Å²) in [4.78, 5) is 20.4. The molecular formula is C18H23N5O2. The summed E-state index contributed by atoms with van der Waals surface area (Å²) in [5.41, 5.74) is 1.63. The number of pyridine rings is 1. The average molecular weight is 341 g/mol. The third-order valence-electron chi connectivity index (χ3n) is 3.31. The van der Waals surface area contributed by atoms with Gasteiger partial charge in [0.25, 0.3) is 0 Å². The molecule has 7 nitrogen and oxygen atoms in total. The number of guanidine groups is 1. The van der Waals surface area contributed by atoms with Gasteiger partial charge < -0.3 is 20.7 Å². The van der Waals surface area contributed by atoms with E-state index in [0.29, 0.717) is 24.7 Å². The summed E-state index contributed by atoms with van der Waals surface area (Å²) in [7, 11) is 1.63. The normalized spacial score (nSPS) is 10.9. The second-order valence-corrected chi connectivity index (χ2v) is 5.15. The van der Waals surface area contributed by atoms with Crippen molar-refractivity contribution in [1.82, 2.24) is 15.6 Å². The van der Waals surface area contributed by atoms with Crippen LogP contribution in [0.5, 0.6) is 5.75 Å². The van der Waals surface area contributed by atoms with Gasteiger partial charge in [-0.25, -0.2) is 4.99 Å². The van der Waals surface area contributed by atoms with Crippen LogP contribution in [0.15, 0.2) is 53.8 Å². The molecule has 2 aromatic rings. The third kappa shape index (κ3) is 6.14. The molecule has 0 aliphatic carbocycles. The van der Waals surface area contributed by atoms with Gasteiger partial charge in [-0.2, -0.15) is 0 Å². The number of nitrogens with zero attached hydrogens (tertiary/aromatic N) is 2. The molecule has 1 aromatic carbocycles. The molecule has 3 N–H and O–H groups in total. The van der Waals surface area contributed by atoms with Crippen molar-refractivity contribution in [3.8, 4) is 5.75 Å². The largest absolute Gasteiger partial charge is 0.496 e. The van der Waals surface area contributed by atoms with E-state index in [1.54, 1.807) is 31.6 Å². The first-order valence-corrected chi connectivity index (χ1v) is 8.07. The summed E-state index contributed by atoms with van der Waals surface area (Å²) < 4.78 is 5.32. The monoisotopic (exact) mass is 341 g/mol. The minimum atomic E-state index is -0.170. The van der Waals surface area contributed by atoms with Crippen LogP contribution in [-0.2, 0) is 11.3 Å². The zero-order chi connectivity index (χ0) is 17.9. The van der Waals surface area contributed by atoms with Crippen LogP contribution in [-0.4, -0.2) is 37.1 Å². The van der Waals surface area contributed by atoms with Crippen molar-refractivity contribution >= 4 is 17.6 Å². The Morgan fingerprint density at radius 2 is 2.04 bits per heavy atom. The predicted molar refractivity (Wildman–Crippen MR) is 98.7 cm³/mol. The Bertz CT molecular complexity index is 704. The van der Waals surface area contributed by atoms with Crippen LogP contribution < -0.4 is 20.7 Å². The molecule has 0 saturated heterocycles. The molecular weight excluding hydrogens is 318 g/mol. The number of ether oxygens (including phenoxy) is 1. The highest BCUT2D eigenvalue weighted by Crippen LogP contribution is 2.17. The van der Waals surface area contributed by atoms with Crippen molar-refractivity contribution in [3.05, 3.63) is 54.4 Å². The van der Waals surface area contributed by atoms with Gasteiger partial charge in [0.2, 0.25) is 5.91 Å². The average Bonchev–Trinajstić information content (AvgIpc) is 2.65. The van der Waals surface area contributed by atoms with Crippen molar-refractivity contribution in [2.45, 2.75) is 13.5 Å². The highest BCUT2D eigenvalue weighted by atomic mass is 16.5. The lowest BCUT2D eigenvalue weighted by Crippen LogP contribution is -2.41. The molecule has 25 heavy (non-hydrogen) atoms. The van der Waals surface area contributed by atoms with Crippen molar-refractivity contribution in [3.63, 3.8) is 0 Å². The van der Waals surface area contributed by atoms with Crippen LogP contribution >= 0.6 is 0 Å². The van der Waals surface area contributed by atoms with Crippen LogP contribution in [0.4, 0.5) is 5.69 Å². The van der Waals surface area contributed by atoms with Gasteiger partial charge in [-0.3, -0.25) is 9.78 Å². The Labute approximate surface area is 147 Å². The lowest BCUT2D eigenvalue weighted by molar-refractivity contribution is -0.115. The first kappa shape index (κ1) is 18.3. The number of carbonyl (C=O) groups is 1. The Hall–Kier alpha value is -3.09. The molecule has 0 saturated carbocycles. The van der Waals surface area contributed by atoms with Crippen molar-refractivity contribution in [2.75, 3.05) is 25.5 Å². The van der Waals surface area contributed by atoms with Crippen LogP contribution in [0.3, 0.4) is 0 Å². The van der Waals surface area contributed by atoms with Gasteiger partial charge in [0, 0.05) is 18.3 Å². The minimum absolute atomic E-state index is 0.104. The summed E-state index contributed by atoms with van der Waals surface area (Å²) >= 11 is 0. The summed E-state index contributed by atoms with van der Waals surface area (Å²) in [5.74, 6) is 1.18. The van der Waals surface area contributed by atoms with E-state index in [-0.39, 0.29) is 12.5 Å². The van der Waals surface area contributed by atoms with Gasteiger partial charge in [0.15, 0.2) is 5.96 Å². The number of methoxy groups -OCH3 is 1. The molecule has 0 aliphatic heterocycles. The number of para-hydroxylation sites is 1. The number of hydrogen-bond donors (Lipinski definition) is 3. The maximum atomic E-state index is 12.0. The highest BCUT2D eigenvalue weighted by molar-refractivity contribution is 5.94. The zero-order valence-electron chi connectivity index (χ0n) is 14.5. The summed E-state index contributed by atoms with van der Waals surface area (Å²) in [6, 6.07) is 11.3. The van der Waals surface area contributed by atoms with Crippen LogP contribution in [0.2, 0.25) is 0 Å². The highest BCUT2D eigenvalue weighted by Gasteiger charge is 2.05. The number of benzene rings is 1. The molecule has 1 heterocycles. The van der Waals surface area contributed by atoms with E-state index in [9.17, 15) is 4.79 Å². The Morgan fingerprint density at radius 1 is 1.20 bits per heavy atom. The second-order valence-electron chi connectivity index (χ2n) is 5.15. The number of nitrogens with one attached hydrogen (secondary N) is 3. The molecule has 1 aromatic heterocycles. The van der Waals surface area contributed by atoms with Gasteiger partial charge in [-0.15, -0.1) is 0 Å². The number of anilines is 1. The molecule has 0 atom stereocenters. The number of aliphatic imine (C=N–C) groups is 1. The van der Waals surface area contributed by atoms with E-state index in [0.717, 1.165) is 11.3 Å². The summed E-state index contributed by atoms with van der Waals surface area (Å²) in [6.07, 6.45) is 3.25. The molecule has 132 valence electrons. The van der Waals surface area contributed by atoms with Gasteiger partial charge in [-0.1, -0.05) is 18.2 Å². The molecule has 0 fully saturated rings. The van der Waals surface area contributed by atoms with E-state index in [1.807, 2.05) is 31.2 Å². The summed E-state index contributed by atoms with van der Waals surface area (Å²) in [5, 5.41) is 8.89. The maximum absolute atomic E-state index is 12.0. The van der Waals surface area contributed by atoms with Crippen molar-refractivity contribution in [1.29, 1.82) is 0 Å². The number of aromatic nitrogens is 1. The fraction of sp³-hybridized carbons (Fsp3) is 0.278.